The lowest BCUT2D eigenvalue weighted by molar-refractivity contribution is 0.531. The summed E-state index contributed by atoms with van der Waals surface area (Å²) in [5, 5.41) is 5.14. The van der Waals surface area contributed by atoms with Crippen molar-refractivity contribution in [3.05, 3.63) is 0 Å². The molecule has 1 aliphatic rings. The van der Waals surface area contributed by atoms with Crippen molar-refractivity contribution in [3.63, 3.8) is 0 Å². The third-order valence-corrected chi connectivity index (χ3v) is 2.84. The molecule has 0 saturated heterocycles. The largest absolute Gasteiger partial charge is 0.252 e. The fourth-order valence-corrected chi connectivity index (χ4v) is 2.15. The number of nitrogens with two attached hydrogens (primary N) is 1. The van der Waals surface area contributed by atoms with Gasteiger partial charge < -0.3 is 0 Å². The molecule has 2 nitrogen and oxygen atoms in total. The van der Waals surface area contributed by atoms with Crippen LogP contribution in [0.5, 0.6) is 0 Å². The van der Waals surface area contributed by atoms with E-state index in [4.69, 9.17) is 5.14 Å². The second-order valence-corrected chi connectivity index (χ2v) is 4.19. The highest BCUT2D eigenvalue weighted by Gasteiger charge is 2.14. The van der Waals surface area contributed by atoms with Crippen molar-refractivity contribution < 1.29 is 4.21 Å². The van der Waals surface area contributed by atoms with Crippen LogP contribution in [0, 0.1) is 5.92 Å². The summed E-state index contributed by atoms with van der Waals surface area (Å²) in [6.07, 6.45) is 6.46. The van der Waals surface area contributed by atoms with Gasteiger partial charge in [0.2, 0.25) is 0 Å². The van der Waals surface area contributed by atoms with Gasteiger partial charge in [0.25, 0.3) is 0 Å². The minimum atomic E-state index is -1.06. The first-order valence-electron chi connectivity index (χ1n) is 3.92. The lowest BCUT2D eigenvalue weighted by Crippen LogP contribution is -2.10. The summed E-state index contributed by atoms with van der Waals surface area (Å²) in [4.78, 5) is 0. The van der Waals surface area contributed by atoms with Gasteiger partial charge in [0, 0.05) is 5.75 Å². The lowest BCUT2D eigenvalue weighted by Gasteiger charge is -2.04. The summed E-state index contributed by atoms with van der Waals surface area (Å²) in [5.41, 5.74) is 0. The van der Waals surface area contributed by atoms with E-state index in [1.807, 2.05) is 0 Å². The number of hydrogen-bond acceptors (Lipinski definition) is 1. The summed E-state index contributed by atoms with van der Waals surface area (Å²) in [5.74, 6) is 1.53. The van der Waals surface area contributed by atoms with Gasteiger partial charge in [-0.15, -0.1) is 0 Å². The fourth-order valence-electron chi connectivity index (χ4n) is 1.58. The quantitative estimate of drug-likeness (QED) is 0.664. The molecule has 10 heavy (non-hydrogen) atoms. The molecule has 0 bridgehead atoms. The lowest BCUT2D eigenvalue weighted by atomic mass is 10.1. The van der Waals surface area contributed by atoms with Crippen LogP contribution in [-0.4, -0.2) is 9.96 Å². The van der Waals surface area contributed by atoms with E-state index in [0.29, 0.717) is 5.75 Å². The molecule has 0 radical (unpaired) electrons. The molecule has 0 aromatic rings. The molecule has 1 atom stereocenters. The van der Waals surface area contributed by atoms with E-state index in [2.05, 4.69) is 0 Å². The Labute approximate surface area is 64.8 Å². The second kappa shape index (κ2) is 4.09. The monoisotopic (exact) mass is 161 g/mol. The van der Waals surface area contributed by atoms with Crippen LogP contribution in [0.1, 0.15) is 32.1 Å². The maximum absolute atomic E-state index is 10.5. The Hall–Kier alpha value is 0.110. The maximum atomic E-state index is 10.5. The summed E-state index contributed by atoms with van der Waals surface area (Å²) in [6.45, 7) is 0. The van der Waals surface area contributed by atoms with Crippen molar-refractivity contribution in [2.75, 3.05) is 5.75 Å². The van der Waals surface area contributed by atoms with E-state index in [1.165, 1.54) is 25.7 Å². The van der Waals surface area contributed by atoms with Gasteiger partial charge >= 0.3 is 0 Å². The number of hydrogen-bond donors (Lipinski definition) is 1. The molecule has 3 heteroatoms. The summed E-state index contributed by atoms with van der Waals surface area (Å²) in [6, 6.07) is 0. The molecule has 0 aliphatic heterocycles. The van der Waals surface area contributed by atoms with Crippen LogP contribution in [-0.2, 0) is 11.0 Å². The van der Waals surface area contributed by atoms with E-state index >= 15 is 0 Å². The molecule has 1 rings (SSSR count). The Morgan fingerprint density at radius 3 is 2.50 bits per heavy atom. The molecule has 60 valence electrons. The van der Waals surface area contributed by atoms with Crippen molar-refractivity contribution in [1.82, 2.24) is 0 Å². The molecule has 0 spiro atoms. The summed E-state index contributed by atoms with van der Waals surface area (Å²) >= 11 is 0. The normalized spacial score (nSPS) is 23.3. The SMILES string of the molecule is NS(=O)CCC1CCCC1. The Balaban J connectivity index is 2.07. The molecule has 0 heterocycles. The maximum Gasteiger partial charge on any atom is 0.0888 e. The standard InChI is InChI=1S/C7H15NOS/c8-10(9)6-5-7-3-1-2-4-7/h7H,1-6,8H2. The number of rotatable bonds is 3. The smallest absolute Gasteiger partial charge is 0.0888 e. The Kier molecular flexibility index (Phi) is 3.35. The molecule has 1 saturated carbocycles. The van der Waals surface area contributed by atoms with E-state index in [9.17, 15) is 4.21 Å². The predicted molar refractivity (Wildman–Crippen MR) is 43.8 cm³/mol. The minimum Gasteiger partial charge on any atom is -0.252 e. The third kappa shape index (κ3) is 2.80. The molecule has 0 amide bonds. The first-order chi connectivity index (χ1) is 4.79. The second-order valence-electron chi connectivity index (χ2n) is 3.02. The highest BCUT2D eigenvalue weighted by Crippen LogP contribution is 2.27. The van der Waals surface area contributed by atoms with E-state index < -0.39 is 11.0 Å². The van der Waals surface area contributed by atoms with Crippen molar-refractivity contribution in [2.24, 2.45) is 11.1 Å². The van der Waals surface area contributed by atoms with Crippen LogP contribution in [0.4, 0.5) is 0 Å². The van der Waals surface area contributed by atoms with Crippen molar-refractivity contribution in [2.45, 2.75) is 32.1 Å². The highest BCUT2D eigenvalue weighted by molar-refractivity contribution is 7.82. The van der Waals surface area contributed by atoms with Gasteiger partial charge in [0.05, 0.1) is 11.0 Å². The van der Waals surface area contributed by atoms with Gasteiger partial charge in [-0.25, -0.2) is 4.21 Å². The Morgan fingerprint density at radius 2 is 2.00 bits per heavy atom. The molecular weight excluding hydrogens is 146 g/mol. The molecule has 1 fully saturated rings. The molecule has 1 aliphatic carbocycles. The van der Waals surface area contributed by atoms with Gasteiger partial charge in [-0.05, 0) is 12.3 Å². The van der Waals surface area contributed by atoms with Gasteiger partial charge in [-0.2, -0.15) is 0 Å². The summed E-state index contributed by atoms with van der Waals surface area (Å²) < 4.78 is 10.5. The highest BCUT2D eigenvalue weighted by atomic mass is 32.2. The van der Waals surface area contributed by atoms with Gasteiger partial charge in [-0.3, -0.25) is 5.14 Å². The van der Waals surface area contributed by atoms with E-state index in [1.54, 1.807) is 0 Å². The van der Waals surface area contributed by atoms with E-state index in [-0.39, 0.29) is 0 Å². The zero-order valence-corrected chi connectivity index (χ0v) is 7.03. The van der Waals surface area contributed by atoms with Crippen LogP contribution in [0.15, 0.2) is 0 Å². The topological polar surface area (TPSA) is 43.1 Å². The Bertz CT molecular complexity index is 121. The van der Waals surface area contributed by atoms with Gasteiger partial charge in [0.15, 0.2) is 0 Å². The first kappa shape index (κ1) is 8.21. The summed E-state index contributed by atoms with van der Waals surface area (Å²) in [7, 11) is -1.06. The average molecular weight is 161 g/mol. The zero-order valence-electron chi connectivity index (χ0n) is 6.21. The predicted octanol–water partition coefficient (Wildman–Crippen LogP) is 1.19. The van der Waals surface area contributed by atoms with Crippen molar-refractivity contribution >= 4 is 11.0 Å². The van der Waals surface area contributed by atoms with Crippen LogP contribution in [0.2, 0.25) is 0 Å². The van der Waals surface area contributed by atoms with E-state index in [0.717, 1.165) is 12.3 Å². The van der Waals surface area contributed by atoms with Gasteiger partial charge in [0.1, 0.15) is 0 Å². The molecule has 0 aromatic carbocycles. The van der Waals surface area contributed by atoms with Crippen molar-refractivity contribution in [1.29, 1.82) is 0 Å². The molecule has 0 aromatic heterocycles. The zero-order chi connectivity index (χ0) is 7.40. The molecular formula is C7H15NOS. The molecule has 2 N–H and O–H groups in total. The first-order valence-corrected chi connectivity index (χ1v) is 5.30. The minimum absolute atomic E-state index is 0.699. The molecule has 1 unspecified atom stereocenters. The Morgan fingerprint density at radius 1 is 1.40 bits per heavy atom. The van der Waals surface area contributed by atoms with Crippen molar-refractivity contribution in [3.8, 4) is 0 Å². The average Bonchev–Trinajstić information content (AvgIpc) is 2.34. The fraction of sp³-hybridized carbons (Fsp3) is 1.00. The van der Waals surface area contributed by atoms with Crippen LogP contribution >= 0.6 is 0 Å². The van der Waals surface area contributed by atoms with Crippen LogP contribution in [0.25, 0.3) is 0 Å². The van der Waals surface area contributed by atoms with Crippen LogP contribution < -0.4 is 5.14 Å². The van der Waals surface area contributed by atoms with Crippen LogP contribution in [0.3, 0.4) is 0 Å². The van der Waals surface area contributed by atoms with Gasteiger partial charge in [-0.1, -0.05) is 25.7 Å². The third-order valence-electron chi connectivity index (χ3n) is 2.20.